The van der Waals surface area contributed by atoms with Crippen LogP contribution in [-0.2, 0) is 16.1 Å². The van der Waals surface area contributed by atoms with Crippen LogP contribution in [0.4, 0.5) is 0 Å². The van der Waals surface area contributed by atoms with Gasteiger partial charge in [-0.2, -0.15) is 0 Å². The highest BCUT2D eigenvalue weighted by Crippen LogP contribution is 2.17. The second kappa shape index (κ2) is 6.90. The first kappa shape index (κ1) is 14.4. The minimum absolute atomic E-state index is 0.0871. The Kier molecular flexibility index (Phi) is 5.51. The van der Waals surface area contributed by atoms with Crippen LogP contribution in [0, 0.1) is 0 Å². The van der Waals surface area contributed by atoms with E-state index in [1.54, 1.807) is 31.3 Å². The third-order valence-corrected chi connectivity index (χ3v) is 3.18. The maximum Gasteiger partial charge on any atom is 0.313 e. The van der Waals surface area contributed by atoms with Gasteiger partial charge in [-0.3, -0.25) is 9.59 Å². The normalized spacial score (nSPS) is 10.1. The van der Waals surface area contributed by atoms with Crippen LogP contribution in [0.3, 0.4) is 0 Å². The number of carboxylic acid groups (broad SMARTS) is 1. The lowest BCUT2D eigenvalue weighted by molar-refractivity contribution is -0.133. The molecule has 0 fully saturated rings. The maximum absolute atomic E-state index is 11.7. The Hall–Kier alpha value is -1.69. The van der Waals surface area contributed by atoms with Crippen LogP contribution in [0.15, 0.2) is 24.3 Å². The number of carboxylic acids is 1. The van der Waals surface area contributed by atoms with Gasteiger partial charge in [-0.05, 0) is 6.07 Å². The summed E-state index contributed by atoms with van der Waals surface area (Å²) in [7, 11) is 1.62. The van der Waals surface area contributed by atoms with Crippen molar-refractivity contribution < 1.29 is 19.8 Å². The van der Waals surface area contributed by atoms with Crippen LogP contribution in [0.25, 0.3) is 0 Å². The van der Waals surface area contributed by atoms with Crippen molar-refractivity contribution in [1.82, 2.24) is 4.90 Å². The summed E-state index contributed by atoms with van der Waals surface area (Å²) in [5, 5.41) is 18.0. The molecule has 1 amide bonds. The number of aromatic hydroxyl groups is 1. The number of nitrogens with zero attached hydrogens (tertiary/aromatic N) is 1. The van der Waals surface area contributed by atoms with E-state index in [1.807, 2.05) is 0 Å². The number of hydrogen-bond acceptors (Lipinski definition) is 4. The van der Waals surface area contributed by atoms with Crippen molar-refractivity contribution in [3.05, 3.63) is 29.8 Å². The Bertz CT molecular complexity index is 436. The number of phenols is 1. The molecule has 98 valence electrons. The molecule has 1 rings (SSSR count). The molecule has 5 nitrogen and oxygen atoms in total. The zero-order valence-electron chi connectivity index (χ0n) is 10.00. The number of carbonyl (C=O) groups is 2. The van der Waals surface area contributed by atoms with Crippen molar-refractivity contribution >= 4 is 23.6 Å². The number of aliphatic carboxylic acids is 1. The molecule has 2 N–H and O–H groups in total. The first-order valence-corrected chi connectivity index (χ1v) is 6.46. The minimum atomic E-state index is -0.934. The van der Waals surface area contributed by atoms with Crippen LogP contribution < -0.4 is 0 Å². The lowest BCUT2D eigenvalue weighted by Gasteiger charge is -2.17. The van der Waals surface area contributed by atoms with E-state index >= 15 is 0 Å². The second-order valence-electron chi connectivity index (χ2n) is 3.77. The summed E-state index contributed by atoms with van der Waals surface area (Å²) >= 11 is 1.06. The van der Waals surface area contributed by atoms with Crippen LogP contribution in [-0.4, -0.2) is 45.5 Å². The summed E-state index contributed by atoms with van der Waals surface area (Å²) in [4.78, 5) is 23.4. The average Bonchev–Trinajstić information content (AvgIpc) is 2.31. The molecule has 1 aromatic carbocycles. The van der Waals surface area contributed by atoms with E-state index in [9.17, 15) is 14.7 Å². The lowest BCUT2D eigenvalue weighted by atomic mass is 10.2. The van der Waals surface area contributed by atoms with Gasteiger partial charge in [-0.1, -0.05) is 18.2 Å². The Labute approximate surface area is 109 Å². The van der Waals surface area contributed by atoms with Gasteiger partial charge in [-0.15, -0.1) is 11.8 Å². The Morgan fingerprint density at radius 3 is 2.56 bits per heavy atom. The summed E-state index contributed by atoms with van der Waals surface area (Å²) in [6, 6.07) is 6.80. The van der Waals surface area contributed by atoms with Gasteiger partial charge in [0.25, 0.3) is 0 Å². The predicted molar refractivity (Wildman–Crippen MR) is 69.5 cm³/mol. The van der Waals surface area contributed by atoms with Gasteiger partial charge in [-0.25, -0.2) is 0 Å². The first-order chi connectivity index (χ1) is 8.50. The first-order valence-electron chi connectivity index (χ1n) is 5.31. The van der Waals surface area contributed by atoms with Crippen LogP contribution >= 0.6 is 11.8 Å². The third-order valence-electron chi connectivity index (χ3n) is 2.28. The van der Waals surface area contributed by atoms with Gasteiger partial charge >= 0.3 is 5.97 Å². The second-order valence-corrected chi connectivity index (χ2v) is 4.75. The monoisotopic (exact) mass is 269 g/mol. The molecule has 0 aliphatic rings. The van der Waals surface area contributed by atoms with Crippen molar-refractivity contribution in [2.24, 2.45) is 0 Å². The molecule has 0 heterocycles. The molecule has 0 aromatic heterocycles. The molecule has 0 aliphatic carbocycles. The highest BCUT2D eigenvalue weighted by atomic mass is 32.2. The summed E-state index contributed by atoms with van der Waals surface area (Å²) in [6.45, 7) is 0.305. The Morgan fingerprint density at radius 1 is 1.28 bits per heavy atom. The Balaban J connectivity index is 2.45. The van der Waals surface area contributed by atoms with Gasteiger partial charge in [0.05, 0.1) is 11.5 Å². The van der Waals surface area contributed by atoms with Crippen molar-refractivity contribution in [2.45, 2.75) is 6.54 Å². The van der Waals surface area contributed by atoms with E-state index in [2.05, 4.69) is 0 Å². The highest BCUT2D eigenvalue weighted by molar-refractivity contribution is 8.00. The van der Waals surface area contributed by atoms with Crippen LogP contribution in [0.1, 0.15) is 5.56 Å². The highest BCUT2D eigenvalue weighted by Gasteiger charge is 2.11. The molecule has 1 aromatic rings. The number of benzene rings is 1. The summed E-state index contributed by atoms with van der Waals surface area (Å²) < 4.78 is 0. The molecule has 0 saturated carbocycles. The van der Waals surface area contributed by atoms with E-state index in [4.69, 9.17) is 5.11 Å². The SMILES string of the molecule is CN(Cc1ccccc1O)C(=O)CSCC(=O)O. The fourth-order valence-corrected chi connectivity index (χ4v) is 2.00. The van der Waals surface area contributed by atoms with Gasteiger partial charge in [0.15, 0.2) is 0 Å². The predicted octanol–water partition coefficient (Wildman–Crippen LogP) is 1.17. The average molecular weight is 269 g/mol. The number of para-hydroxylation sites is 1. The van der Waals surface area contributed by atoms with Crippen LogP contribution in [0.2, 0.25) is 0 Å². The number of phenolic OH excluding ortho intramolecular Hbond substituents is 1. The van der Waals surface area contributed by atoms with Crippen molar-refractivity contribution in [3.8, 4) is 5.75 Å². The zero-order valence-corrected chi connectivity index (χ0v) is 10.8. The fraction of sp³-hybridized carbons (Fsp3) is 0.333. The Morgan fingerprint density at radius 2 is 1.94 bits per heavy atom. The molecular weight excluding hydrogens is 254 g/mol. The third kappa shape index (κ3) is 4.67. The lowest BCUT2D eigenvalue weighted by Crippen LogP contribution is -2.28. The number of hydrogen-bond donors (Lipinski definition) is 2. The van der Waals surface area contributed by atoms with Gasteiger partial charge in [0.2, 0.25) is 5.91 Å². The van der Waals surface area contributed by atoms with E-state index in [0.717, 1.165) is 11.8 Å². The van der Waals surface area contributed by atoms with Crippen LogP contribution in [0.5, 0.6) is 5.75 Å². The number of amides is 1. The molecule has 6 heteroatoms. The van der Waals surface area contributed by atoms with E-state index in [0.29, 0.717) is 12.1 Å². The van der Waals surface area contributed by atoms with Crippen molar-refractivity contribution in [2.75, 3.05) is 18.6 Å². The standard InChI is InChI=1S/C12H15NO4S/c1-13(11(15)7-18-8-12(16)17)6-9-4-2-3-5-10(9)14/h2-5,14H,6-8H2,1H3,(H,16,17). The molecule has 18 heavy (non-hydrogen) atoms. The number of rotatable bonds is 6. The fourth-order valence-electron chi connectivity index (χ4n) is 1.32. The zero-order chi connectivity index (χ0) is 13.5. The minimum Gasteiger partial charge on any atom is -0.508 e. The van der Waals surface area contributed by atoms with Gasteiger partial charge in [0, 0.05) is 19.2 Å². The molecular formula is C12H15NO4S. The van der Waals surface area contributed by atoms with Crippen molar-refractivity contribution in [3.63, 3.8) is 0 Å². The molecule has 0 unspecified atom stereocenters. The smallest absolute Gasteiger partial charge is 0.313 e. The molecule has 0 spiro atoms. The summed E-state index contributed by atoms with van der Waals surface area (Å²) in [5.41, 5.74) is 0.664. The quantitative estimate of drug-likeness (QED) is 0.810. The van der Waals surface area contributed by atoms with E-state index in [-0.39, 0.29) is 23.2 Å². The van der Waals surface area contributed by atoms with Gasteiger partial charge in [0.1, 0.15) is 5.75 Å². The molecule has 0 saturated heterocycles. The topological polar surface area (TPSA) is 77.8 Å². The molecule has 0 atom stereocenters. The molecule has 0 radical (unpaired) electrons. The van der Waals surface area contributed by atoms with E-state index < -0.39 is 5.97 Å². The molecule has 0 aliphatic heterocycles. The van der Waals surface area contributed by atoms with E-state index in [1.165, 1.54) is 4.90 Å². The number of thioether (sulfide) groups is 1. The number of carbonyl (C=O) groups excluding carboxylic acids is 1. The largest absolute Gasteiger partial charge is 0.508 e. The summed E-state index contributed by atoms with van der Waals surface area (Å²) in [5.74, 6) is -0.914. The summed E-state index contributed by atoms with van der Waals surface area (Å²) in [6.07, 6.45) is 0. The van der Waals surface area contributed by atoms with Crippen molar-refractivity contribution in [1.29, 1.82) is 0 Å². The molecule has 0 bridgehead atoms. The maximum atomic E-state index is 11.7. The van der Waals surface area contributed by atoms with Gasteiger partial charge < -0.3 is 15.1 Å².